The number of aryl methyl sites for hydroxylation is 1. The number of hydrogen-bond acceptors (Lipinski definition) is 5. The molecule has 0 aliphatic carbocycles. The number of aliphatic hydroxyl groups excluding tert-OH is 1. The standard InChI is InChI=1S/C24H27ClNO6P/c25-23-14-21(7-6-20(23)12-13-24(26,16-27)17-32-33(28,29)30)19-8-10-22(11-9-19)31-15-18-4-2-1-3-5-18/h1-11,14,27H,12-13,15-17,26H2,(H2,28,29,30). The molecule has 33 heavy (non-hydrogen) atoms. The molecule has 1 atom stereocenters. The van der Waals surface area contributed by atoms with Crippen molar-refractivity contribution in [3.63, 3.8) is 0 Å². The Balaban J connectivity index is 1.61. The number of aliphatic hydroxyl groups is 1. The normalized spacial score (nSPS) is 13.5. The Morgan fingerprint density at radius 1 is 0.970 bits per heavy atom. The number of halogens is 1. The molecule has 0 radical (unpaired) electrons. The van der Waals surface area contributed by atoms with E-state index >= 15 is 0 Å². The Hall–Kier alpha value is -2.22. The lowest BCUT2D eigenvalue weighted by Crippen LogP contribution is -2.48. The molecule has 0 amide bonds. The van der Waals surface area contributed by atoms with Crippen LogP contribution in [0.2, 0.25) is 5.02 Å². The monoisotopic (exact) mass is 491 g/mol. The lowest BCUT2D eigenvalue weighted by atomic mass is 9.93. The molecule has 3 aromatic rings. The molecule has 0 aliphatic rings. The van der Waals surface area contributed by atoms with Gasteiger partial charge in [0.05, 0.1) is 18.8 Å². The van der Waals surface area contributed by atoms with Gasteiger partial charge >= 0.3 is 7.82 Å². The first kappa shape index (κ1) is 25.4. The number of benzene rings is 3. The molecular formula is C24H27ClNO6P. The highest BCUT2D eigenvalue weighted by atomic mass is 35.5. The van der Waals surface area contributed by atoms with Crippen LogP contribution in [0.5, 0.6) is 5.75 Å². The maximum Gasteiger partial charge on any atom is 0.469 e. The zero-order chi connectivity index (χ0) is 23.9. The Bertz CT molecular complexity index is 1090. The van der Waals surface area contributed by atoms with Crippen molar-refractivity contribution in [1.82, 2.24) is 0 Å². The van der Waals surface area contributed by atoms with Gasteiger partial charge in [0.15, 0.2) is 0 Å². The van der Waals surface area contributed by atoms with Gasteiger partial charge in [0.1, 0.15) is 12.4 Å². The van der Waals surface area contributed by atoms with Gasteiger partial charge in [-0.05, 0) is 53.3 Å². The van der Waals surface area contributed by atoms with E-state index in [2.05, 4.69) is 4.52 Å². The average Bonchev–Trinajstić information content (AvgIpc) is 2.81. The van der Waals surface area contributed by atoms with Gasteiger partial charge < -0.3 is 25.4 Å². The van der Waals surface area contributed by atoms with Crippen molar-refractivity contribution in [3.05, 3.63) is 88.9 Å². The van der Waals surface area contributed by atoms with Crippen LogP contribution in [0.1, 0.15) is 17.5 Å². The van der Waals surface area contributed by atoms with Crippen LogP contribution in [0, 0.1) is 0 Å². The highest BCUT2D eigenvalue weighted by molar-refractivity contribution is 7.46. The van der Waals surface area contributed by atoms with E-state index in [1.165, 1.54) is 0 Å². The van der Waals surface area contributed by atoms with E-state index in [4.69, 9.17) is 31.9 Å². The topological polar surface area (TPSA) is 122 Å². The largest absolute Gasteiger partial charge is 0.489 e. The fourth-order valence-corrected chi connectivity index (χ4v) is 3.91. The van der Waals surface area contributed by atoms with Gasteiger partial charge in [-0.2, -0.15) is 0 Å². The molecule has 0 fully saturated rings. The summed E-state index contributed by atoms with van der Waals surface area (Å²) in [4.78, 5) is 17.7. The molecule has 1 unspecified atom stereocenters. The molecule has 5 N–H and O–H groups in total. The Morgan fingerprint density at radius 2 is 1.64 bits per heavy atom. The van der Waals surface area contributed by atoms with Crippen LogP contribution in [-0.4, -0.2) is 33.6 Å². The molecule has 7 nitrogen and oxygen atoms in total. The molecule has 0 spiro atoms. The number of hydrogen-bond donors (Lipinski definition) is 4. The summed E-state index contributed by atoms with van der Waals surface area (Å²) in [6.45, 7) is -0.458. The van der Waals surface area contributed by atoms with E-state index in [1.54, 1.807) is 0 Å². The second-order valence-corrected chi connectivity index (χ2v) is 9.54. The summed E-state index contributed by atoms with van der Waals surface area (Å²) in [6.07, 6.45) is 0.642. The average molecular weight is 492 g/mol. The molecular weight excluding hydrogens is 465 g/mol. The Morgan fingerprint density at radius 3 is 2.24 bits per heavy atom. The van der Waals surface area contributed by atoms with Crippen LogP contribution in [0.4, 0.5) is 0 Å². The van der Waals surface area contributed by atoms with Crippen molar-refractivity contribution in [2.24, 2.45) is 5.73 Å². The van der Waals surface area contributed by atoms with Crippen LogP contribution < -0.4 is 10.5 Å². The molecule has 176 valence electrons. The SMILES string of the molecule is NC(CO)(CCc1ccc(-c2ccc(OCc3ccccc3)cc2)cc1Cl)COP(=O)(O)O. The number of nitrogens with two attached hydrogens (primary N) is 1. The third-order valence-corrected chi connectivity index (χ3v) is 6.03. The Kier molecular flexibility index (Phi) is 8.68. The highest BCUT2D eigenvalue weighted by Gasteiger charge is 2.28. The second kappa shape index (κ2) is 11.3. The minimum Gasteiger partial charge on any atom is -0.489 e. The van der Waals surface area contributed by atoms with E-state index in [1.807, 2.05) is 72.8 Å². The number of phosphoric ester groups is 1. The van der Waals surface area contributed by atoms with Crippen LogP contribution >= 0.6 is 19.4 Å². The van der Waals surface area contributed by atoms with Crippen LogP contribution in [-0.2, 0) is 22.1 Å². The lowest BCUT2D eigenvalue weighted by molar-refractivity contribution is 0.102. The summed E-state index contributed by atoms with van der Waals surface area (Å²) >= 11 is 6.47. The Labute approximate surface area is 198 Å². The molecule has 0 aliphatic heterocycles. The zero-order valence-electron chi connectivity index (χ0n) is 17.9. The number of phosphoric acid groups is 1. The first-order valence-corrected chi connectivity index (χ1v) is 12.2. The van der Waals surface area contributed by atoms with E-state index in [9.17, 15) is 9.67 Å². The highest BCUT2D eigenvalue weighted by Crippen LogP contribution is 2.37. The van der Waals surface area contributed by atoms with Crippen molar-refractivity contribution < 1.29 is 28.7 Å². The summed E-state index contributed by atoms with van der Waals surface area (Å²) in [7, 11) is -4.67. The number of ether oxygens (including phenoxy) is 1. The van der Waals surface area contributed by atoms with E-state index in [-0.39, 0.29) is 6.42 Å². The van der Waals surface area contributed by atoms with Gasteiger partial charge in [0.25, 0.3) is 0 Å². The molecule has 3 rings (SSSR count). The van der Waals surface area contributed by atoms with Crippen molar-refractivity contribution in [1.29, 1.82) is 0 Å². The smallest absolute Gasteiger partial charge is 0.469 e. The fourth-order valence-electron chi connectivity index (χ4n) is 3.21. The summed E-state index contributed by atoms with van der Waals surface area (Å²) in [6, 6.07) is 23.3. The predicted octanol–water partition coefficient (Wildman–Crippen LogP) is 4.32. The third kappa shape index (κ3) is 7.95. The summed E-state index contributed by atoms with van der Waals surface area (Å²) in [5, 5.41) is 10.1. The van der Waals surface area contributed by atoms with Crippen molar-refractivity contribution in [3.8, 4) is 16.9 Å². The van der Waals surface area contributed by atoms with E-state index in [0.717, 1.165) is 28.0 Å². The van der Waals surface area contributed by atoms with Gasteiger partial charge in [-0.1, -0.05) is 66.2 Å². The quantitative estimate of drug-likeness (QED) is 0.295. The maximum absolute atomic E-state index is 10.9. The molecule has 0 bridgehead atoms. The summed E-state index contributed by atoms with van der Waals surface area (Å²) < 4.78 is 21.2. The van der Waals surface area contributed by atoms with Gasteiger partial charge in [0, 0.05) is 5.02 Å². The number of rotatable bonds is 11. The second-order valence-electron chi connectivity index (χ2n) is 7.89. The lowest BCUT2D eigenvalue weighted by Gasteiger charge is -2.27. The van der Waals surface area contributed by atoms with Gasteiger partial charge in [-0.25, -0.2) is 4.57 Å². The van der Waals surface area contributed by atoms with Gasteiger partial charge in [0.2, 0.25) is 0 Å². The van der Waals surface area contributed by atoms with Gasteiger partial charge in [-0.3, -0.25) is 4.52 Å². The minimum atomic E-state index is -4.67. The van der Waals surface area contributed by atoms with Crippen LogP contribution in [0.15, 0.2) is 72.8 Å². The van der Waals surface area contributed by atoms with E-state index in [0.29, 0.717) is 18.1 Å². The zero-order valence-corrected chi connectivity index (χ0v) is 19.6. The van der Waals surface area contributed by atoms with Crippen molar-refractivity contribution >= 4 is 19.4 Å². The van der Waals surface area contributed by atoms with Crippen LogP contribution in [0.3, 0.4) is 0 Å². The summed E-state index contributed by atoms with van der Waals surface area (Å²) in [5.41, 5.74) is 8.55. The van der Waals surface area contributed by atoms with E-state index < -0.39 is 26.6 Å². The van der Waals surface area contributed by atoms with Gasteiger partial charge in [-0.15, -0.1) is 0 Å². The summed E-state index contributed by atoms with van der Waals surface area (Å²) in [5.74, 6) is 0.770. The molecule has 3 aromatic carbocycles. The van der Waals surface area contributed by atoms with Crippen molar-refractivity contribution in [2.75, 3.05) is 13.2 Å². The van der Waals surface area contributed by atoms with Crippen molar-refractivity contribution in [2.45, 2.75) is 25.0 Å². The predicted molar refractivity (Wildman–Crippen MR) is 128 cm³/mol. The van der Waals surface area contributed by atoms with Crippen LogP contribution in [0.25, 0.3) is 11.1 Å². The molecule has 0 aromatic heterocycles. The first-order chi connectivity index (χ1) is 15.7. The molecule has 9 heteroatoms. The molecule has 0 saturated carbocycles. The maximum atomic E-state index is 10.9. The molecule has 0 saturated heterocycles. The first-order valence-electron chi connectivity index (χ1n) is 10.3. The third-order valence-electron chi connectivity index (χ3n) is 5.22. The fraction of sp³-hybridized carbons (Fsp3) is 0.250. The minimum absolute atomic E-state index is 0.232. The molecule has 0 heterocycles.